The zero-order valence-electron chi connectivity index (χ0n) is 10.1. The molecule has 0 amide bonds. The second kappa shape index (κ2) is 7.09. The van der Waals surface area contributed by atoms with Crippen molar-refractivity contribution in [3.05, 3.63) is 8.85 Å². The molecule has 92 valence electrons. The predicted molar refractivity (Wildman–Crippen MR) is 79.7 cm³/mol. The highest BCUT2D eigenvalue weighted by Gasteiger charge is 2.14. The second-order valence-electron chi connectivity index (χ2n) is 3.70. The van der Waals surface area contributed by atoms with Gasteiger partial charge in [-0.1, -0.05) is 50.4 Å². The molecule has 0 spiro atoms. The summed E-state index contributed by atoms with van der Waals surface area (Å²) in [5, 5.41) is 1.20. The van der Waals surface area contributed by atoms with Gasteiger partial charge in [-0.2, -0.15) is 0 Å². The molecule has 1 rings (SSSR count). The van der Waals surface area contributed by atoms with E-state index < -0.39 is 0 Å². The van der Waals surface area contributed by atoms with Gasteiger partial charge in [0.1, 0.15) is 0 Å². The Kier molecular flexibility index (Phi) is 6.47. The van der Waals surface area contributed by atoms with E-state index in [1.807, 2.05) is 23.5 Å². The lowest BCUT2D eigenvalue weighted by Crippen LogP contribution is -1.93. The van der Waals surface area contributed by atoms with Gasteiger partial charge in [-0.05, 0) is 12.8 Å². The van der Waals surface area contributed by atoms with E-state index in [-0.39, 0.29) is 4.06 Å². The lowest BCUT2D eigenvalue weighted by Gasteiger charge is -2.10. The minimum absolute atomic E-state index is 0.233. The lowest BCUT2D eigenvalue weighted by atomic mass is 10.4. The maximum Gasteiger partial charge on any atom is 0.289 e. The molecule has 2 atom stereocenters. The molecule has 0 N–H and O–H groups in total. The van der Waals surface area contributed by atoms with Gasteiger partial charge in [0.2, 0.25) is 0 Å². The van der Waals surface area contributed by atoms with E-state index in [1.165, 1.54) is 31.1 Å². The van der Waals surface area contributed by atoms with Crippen LogP contribution in [0.3, 0.4) is 0 Å². The summed E-state index contributed by atoms with van der Waals surface area (Å²) in [6, 6.07) is 0. The topological polar surface area (TPSA) is 17.1 Å². The molecule has 0 saturated carbocycles. The van der Waals surface area contributed by atoms with Gasteiger partial charge in [0, 0.05) is 10.5 Å². The summed E-state index contributed by atoms with van der Waals surface area (Å²) in [4.78, 5) is 11.5. The highest BCUT2D eigenvalue weighted by atomic mass is 32.2. The minimum Gasteiger partial charge on any atom is -0.265 e. The fourth-order valence-corrected chi connectivity index (χ4v) is 6.54. The van der Waals surface area contributed by atoms with E-state index in [0.29, 0.717) is 10.5 Å². The summed E-state index contributed by atoms with van der Waals surface area (Å²) in [5.41, 5.74) is 0. The maximum atomic E-state index is 11.5. The normalized spacial score (nSPS) is 15.0. The Labute approximate surface area is 114 Å². The molecular formula is C11H18OS4. The SMILES string of the molecule is CCC(C)Sc1sc(=O)sc1SC(C)CC. The predicted octanol–water partition coefficient (Wildman–Crippen LogP) is 4.95. The molecule has 1 aromatic heterocycles. The summed E-state index contributed by atoms with van der Waals surface area (Å²) < 4.78 is 2.70. The molecule has 2 unspecified atom stereocenters. The van der Waals surface area contributed by atoms with Gasteiger partial charge >= 0.3 is 0 Å². The van der Waals surface area contributed by atoms with E-state index in [9.17, 15) is 4.79 Å². The first-order chi connectivity index (χ1) is 7.56. The van der Waals surface area contributed by atoms with Crippen LogP contribution in [0.2, 0.25) is 0 Å². The Morgan fingerprint density at radius 3 is 1.69 bits per heavy atom. The Morgan fingerprint density at radius 2 is 1.38 bits per heavy atom. The van der Waals surface area contributed by atoms with Gasteiger partial charge in [-0.25, -0.2) is 0 Å². The van der Waals surface area contributed by atoms with E-state index in [1.54, 1.807) is 0 Å². The first-order valence-electron chi connectivity index (χ1n) is 5.54. The number of rotatable bonds is 6. The van der Waals surface area contributed by atoms with E-state index in [4.69, 9.17) is 0 Å². The van der Waals surface area contributed by atoms with Crippen LogP contribution in [0.25, 0.3) is 0 Å². The second-order valence-corrected chi connectivity index (χ2v) is 9.34. The van der Waals surface area contributed by atoms with Crippen LogP contribution in [-0.4, -0.2) is 10.5 Å². The average Bonchev–Trinajstić information content (AvgIpc) is 2.58. The van der Waals surface area contributed by atoms with Gasteiger partial charge in [-0.15, -0.1) is 23.5 Å². The molecule has 0 aliphatic heterocycles. The van der Waals surface area contributed by atoms with Crippen molar-refractivity contribution < 1.29 is 0 Å². The van der Waals surface area contributed by atoms with Crippen LogP contribution in [0.5, 0.6) is 0 Å². The fraction of sp³-hybridized carbons (Fsp3) is 0.727. The van der Waals surface area contributed by atoms with Crippen LogP contribution < -0.4 is 4.06 Å². The van der Waals surface area contributed by atoms with Crippen molar-refractivity contribution in [3.8, 4) is 0 Å². The molecule has 1 nitrogen and oxygen atoms in total. The zero-order chi connectivity index (χ0) is 12.1. The van der Waals surface area contributed by atoms with Crippen LogP contribution in [0.1, 0.15) is 40.5 Å². The third kappa shape index (κ3) is 4.43. The van der Waals surface area contributed by atoms with E-state index in [2.05, 4.69) is 27.7 Å². The third-order valence-corrected chi connectivity index (χ3v) is 7.80. The molecule has 0 aliphatic carbocycles. The van der Waals surface area contributed by atoms with Crippen molar-refractivity contribution in [2.45, 2.75) is 59.5 Å². The van der Waals surface area contributed by atoms with E-state index in [0.717, 1.165) is 12.8 Å². The van der Waals surface area contributed by atoms with Gasteiger partial charge in [-0.3, -0.25) is 4.79 Å². The quantitative estimate of drug-likeness (QED) is 0.691. The molecule has 0 saturated heterocycles. The van der Waals surface area contributed by atoms with Crippen LogP contribution in [0.15, 0.2) is 13.2 Å². The van der Waals surface area contributed by atoms with Gasteiger partial charge in [0.15, 0.2) is 0 Å². The molecule has 0 aliphatic rings. The van der Waals surface area contributed by atoms with Gasteiger partial charge in [0.05, 0.1) is 8.42 Å². The van der Waals surface area contributed by atoms with Crippen molar-refractivity contribution in [2.75, 3.05) is 0 Å². The van der Waals surface area contributed by atoms with Gasteiger partial charge in [0.25, 0.3) is 4.06 Å². The molecule has 0 bridgehead atoms. The highest BCUT2D eigenvalue weighted by Crippen LogP contribution is 2.41. The highest BCUT2D eigenvalue weighted by molar-refractivity contribution is 8.05. The number of hydrogen-bond donors (Lipinski definition) is 0. The van der Waals surface area contributed by atoms with Crippen LogP contribution >= 0.6 is 46.2 Å². The van der Waals surface area contributed by atoms with Crippen molar-refractivity contribution >= 4 is 46.2 Å². The first kappa shape index (κ1) is 14.6. The van der Waals surface area contributed by atoms with Gasteiger partial charge < -0.3 is 0 Å². The van der Waals surface area contributed by atoms with Crippen LogP contribution in [-0.2, 0) is 0 Å². The summed E-state index contributed by atoms with van der Waals surface area (Å²) >= 11 is 6.53. The van der Waals surface area contributed by atoms with E-state index >= 15 is 0 Å². The Hall–Kier alpha value is 0.550. The Balaban J connectivity index is 2.79. The Morgan fingerprint density at radius 1 is 1.00 bits per heavy atom. The minimum atomic E-state index is 0.233. The van der Waals surface area contributed by atoms with Crippen LogP contribution in [0, 0.1) is 0 Å². The number of thioether (sulfide) groups is 2. The van der Waals surface area contributed by atoms with Crippen molar-refractivity contribution in [1.29, 1.82) is 0 Å². The molecule has 1 heterocycles. The monoisotopic (exact) mass is 294 g/mol. The standard InChI is InChI=1S/C11H18OS4/c1-5-7(3)13-9-10(14-8(4)6-2)16-11(12)15-9/h7-8H,5-6H2,1-4H3. The molecule has 0 aromatic carbocycles. The van der Waals surface area contributed by atoms with Crippen molar-refractivity contribution in [2.24, 2.45) is 0 Å². The first-order valence-corrected chi connectivity index (χ1v) is 8.93. The molecule has 16 heavy (non-hydrogen) atoms. The summed E-state index contributed by atoms with van der Waals surface area (Å²) in [6.07, 6.45) is 2.30. The molecule has 1 aromatic rings. The lowest BCUT2D eigenvalue weighted by molar-refractivity contribution is 0.902. The largest absolute Gasteiger partial charge is 0.289 e. The third-order valence-electron chi connectivity index (χ3n) is 2.29. The zero-order valence-corrected chi connectivity index (χ0v) is 13.4. The van der Waals surface area contributed by atoms with Crippen LogP contribution in [0.4, 0.5) is 0 Å². The van der Waals surface area contributed by atoms with Crippen molar-refractivity contribution in [3.63, 3.8) is 0 Å². The number of hydrogen-bond acceptors (Lipinski definition) is 5. The molecule has 5 heteroatoms. The maximum absolute atomic E-state index is 11.5. The summed E-state index contributed by atoms with van der Waals surface area (Å²) in [6.45, 7) is 8.82. The molecule has 0 radical (unpaired) electrons. The average molecular weight is 295 g/mol. The smallest absolute Gasteiger partial charge is 0.265 e. The molecular weight excluding hydrogens is 276 g/mol. The summed E-state index contributed by atoms with van der Waals surface area (Å²) in [5.74, 6) is 0. The Bertz CT molecular complexity index is 336. The summed E-state index contributed by atoms with van der Waals surface area (Å²) in [7, 11) is 0. The molecule has 0 fully saturated rings. The fourth-order valence-electron chi connectivity index (χ4n) is 0.932. The van der Waals surface area contributed by atoms with Crippen molar-refractivity contribution in [1.82, 2.24) is 0 Å².